The van der Waals surface area contributed by atoms with Crippen molar-refractivity contribution in [3.8, 4) is 11.8 Å². The van der Waals surface area contributed by atoms with E-state index in [2.05, 4.69) is 25.9 Å². The van der Waals surface area contributed by atoms with E-state index in [4.69, 9.17) is 4.74 Å². The molecular formula is C10H6BrFN2O. The van der Waals surface area contributed by atoms with Crippen LogP contribution < -0.4 is 4.74 Å². The molecule has 0 aliphatic carbocycles. The molecule has 0 radical (unpaired) electrons. The van der Waals surface area contributed by atoms with Gasteiger partial charge in [0.15, 0.2) is 0 Å². The van der Waals surface area contributed by atoms with Crippen LogP contribution in [-0.4, -0.2) is 9.97 Å². The number of hydrogen-bond donors (Lipinski definition) is 0. The van der Waals surface area contributed by atoms with Crippen molar-refractivity contribution >= 4 is 15.9 Å². The minimum atomic E-state index is -0.357. The lowest BCUT2D eigenvalue weighted by molar-refractivity contribution is 0.437. The highest BCUT2D eigenvalue weighted by atomic mass is 79.9. The summed E-state index contributed by atoms with van der Waals surface area (Å²) >= 11 is 3.20. The SMILES string of the molecule is Fc1cccc(Oc2ncc(Br)cn2)c1. The highest BCUT2D eigenvalue weighted by molar-refractivity contribution is 9.10. The first kappa shape index (κ1) is 10.0. The summed E-state index contributed by atoms with van der Waals surface area (Å²) in [5.41, 5.74) is 0. The summed E-state index contributed by atoms with van der Waals surface area (Å²) in [4.78, 5) is 7.80. The zero-order valence-corrected chi connectivity index (χ0v) is 9.11. The van der Waals surface area contributed by atoms with E-state index in [0.717, 1.165) is 4.47 Å². The van der Waals surface area contributed by atoms with Gasteiger partial charge in [-0.05, 0) is 28.1 Å². The lowest BCUT2D eigenvalue weighted by Gasteiger charge is -2.02. The number of hydrogen-bond acceptors (Lipinski definition) is 3. The van der Waals surface area contributed by atoms with E-state index >= 15 is 0 Å². The minimum absolute atomic E-state index is 0.184. The van der Waals surface area contributed by atoms with Gasteiger partial charge >= 0.3 is 6.01 Å². The Morgan fingerprint density at radius 1 is 1.20 bits per heavy atom. The number of ether oxygens (including phenoxy) is 1. The molecule has 0 amide bonds. The predicted octanol–water partition coefficient (Wildman–Crippen LogP) is 3.17. The normalized spacial score (nSPS) is 10.0. The monoisotopic (exact) mass is 268 g/mol. The van der Waals surface area contributed by atoms with E-state index < -0.39 is 0 Å². The Hall–Kier alpha value is -1.49. The van der Waals surface area contributed by atoms with Crippen molar-refractivity contribution in [3.63, 3.8) is 0 Å². The molecule has 0 saturated heterocycles. The van der Waals surface area contributed by atoms with Crippen molar-refractivity contribution in [2.75, 3.05) is 0 Å². The number of aromatic nitrogens is 2. The average molecular weight is 269 g/mol. The molecule has 76 valence electrons. The van der Waals surface area contributed by atoms with Gasteiger partial charge in [-0.1, -0.05) is 6.07 Å². The topological polar surface area (TPSA) is 35.0 Å². The Morgan fingerprint density at radius 3 is 2.60 bits per heavy atom. The molecule has 1 aromatic heterocycles. The first-order valence-electron chi connectivity index (χ1n) is 4.15. The third kappa shape index (κ3) is 2.73. The molecule has 0 spiro atoms. The molecule has 3 nitrogen and oxygen atoms in total. The van der Waals surface area contributed by atoms with Gasteiger partial charge in [-0.25, -0.2) is 14.4 Å². The van der Waals surface area contributed by atoms with Crippen LogP contribution in [0.3, 0.4) is 0 Å². The average Bonchev–Trinajstić information content (AvgIpc) is 2.22. The summed E-state index contributed by atoms with van der Waals surface area (Å²) in [5, 5.41) is 0. The van der Waals surface area contributed by atoms with Gasteiger partial charge in [0.05, 0.1) is 4.47 Å². The van der Waals surface area contributed by atoms with Crippen molar-refractivity contribution in [3.05, 3.63) is 46.9 Å². The van der Waals surface area contributed by atoms with Crippen LogP contribution in [0.25, 0.3) is 0 Å². The van der Waals surface area contributed by atoms with Crippen molar-refractivity contribution in [2.24, 2.45) is 0 Å². The molecule has 1 aromatic carbocycles. The molecule has 0 fully saturated rings. The van der Waals surface area contributed by atoms with Gasteiger partial charge < -0.3 is 4.74 Å². The molecule has 0 atom stereocenters. The summed E-state index contributed by atoms with van der Waals surface area (Å²) in [6.45, 7) is 0. The summed E-state index contributed by atoms with van der Waals surface area (Å²) in [6.07, 6.45) is 3.11. The van der Waals surface area contributed by atoms with E-state index in [1.165, 1.54) is 12.1 Å². The fraction of sp³-hybridized carbons (Fsp3) is 0. The van der Waals surface area contributed by atoms with Gasteiger partial charge in [-0.3, -0.25) is 0 Å². The third-order valence-corrected chi connectivity index (χ3v) is 2.01. The van der Waals surface area contributed by atoms with Gasteiger partial charge in [-0.2, -0.15) is 0 Å². The number of halogens is 2. The highest BCUT2D eigenvalue weighted by Gasteiger charge is 2.00. The number of benzene rings is 1. The maximum atomic E-state index is 12.8. The van der Waals surface area contributed by atoms with Crippen LogP contribution in [-0.2, 0) is 0 Å². The zero-order valence-electron chi connectivity index (χ0n) is 7.52. The molecule has 0 N–H and O–H groups in total. The Morgan fingerprint density at radius 2 is 1.93 bits per heavy atom. The Bertz CT molecular complexity index is 461. The van der Waals surface area contributed by atoms with E-state index in [0.29, 0.717) is 5.75 Å². The van der Waals surface area contributed by atoms with Crippen LogP contribution in [0.4, 0.5) is 4.39 Å². The molecule has 0 aliphatic heterocycles. The second-order valence-corrected chi connectivity index (χ2v) is 3.66. The van der Waals surface area contributed by atoms with Crippen LogP contribution in [0.1, 0.15) is 0 Å². The molecule has 15 heavy (non-hydrogen) atoms. The smallest absolute Gasteiger partial charge is 0.321 e. The van der Waals surface area contributed by atoms with E-state index in [9.17, 15) is 4.39 Å². The quantitative estimate of drug-likeness (QED) is 0.839. The third-order valence-electron chi connectivity index (χ3n) is 1.60. The second-order valence-electron chi connectivity index (χ2n) is 2.74. The lowest BCUT2D eigenvalue weighted by Crippen LogP contribution is -1.91. The standard InChI is InChI=1S/C10H6BrFN2O/c11-7-5-13-10(14-6-7)15-9-3-1-2-8(12)4-9/h1-6H. The van der Waals surface area contributed by atoms with Gasteiger partial charge in [-0.15, -0.1) is 0 Å². The maximum Gasteiger partial charge on any atom is 0.321 e. The Labute approximate surface area is 94.1 Å². The molecule has 0 unspecified atom stereocenters. The molecule has 2 rings (SSSR count). The summed E-state index contributed by atoms with van der Waals surface area (Å²) < 4.78 is 18.8. The molecule has 0 saturated carbocycles. The first-order valence-corrected chi connectivity index (χ1v) is 4.94. The molecular weight excluding hydrogens is 263 g/mol. The Balaban J connectivity index is 2.18. The fourth-order valence-electron chi connectivity index (χ4n) is 0.989. The molecule has 2 aromatic rings. The van der Waals surface area contributed by atoms with Crippen LogP contribution in [0.5, 0.6) is 11.8 Å². The van der Waals surface area contributed by atoms with Crippen LogP contribution in [0.15, 0.2) is 41.1 Å². The zero-order chi connectivity index (χ0) is 10.7. The van der Waals surface area contributed by atoms with Crippen molar-refractivity contribution in [1.29, 1.82) is 0 Å². The fourth-order valence-corrected chi connectivity index (χ4v) is 1.19. The van der Waals surface area contributed by atoms with E-state index in [-0.39, 0.29) is 11.8 Å². The van der Waals surface area contributed by atoms with Crippen molar-refractivity contribution in [2.45, 2.75) is 0 Å². The van der Waals surface area contributed by atoms with Crippen molar-refractivity contribution < 1.29 is 9.13 Å². The number of nitrogens with zero attached hydrogens (tertiary/aromatic N) is 2. The second kappa shape index (κ2) is 4.35. The van der Waals surface area contributed by atoms with Crippen molar-refractivity contribution in [1.82, 2.24) is 9.97 Å². The Kier molecular flexibility index (Phi) is 2.91. The van der Waals surface area contributed by atoms with Gasteiger partial charge in [0.2, 0.25) is 0 Å². The van der Waals surface area contributed by atoms with E-state index in [1.807, 2.05) is 0 Å². The van der Waals surface area contributed by atoms with Crippen LogP contribution in [0, 0.1) is 5.82 Å². The van der Waals surface area contributed by atoms with Gasteiger partial charge in [0.1, 0.15) is 11.6 Å². The van der Waals surface area contributed by atoms with Crippen LogP contribution >= 0.6 is 15.9 Å². The summed E-state index contributed by atoms with van der Waals surface area (Å²) in [5.74, 6) is 0.0157. The highest BCUT2D eigenvalue weighted by Crippen LogP contribution is 2.18. The molecule has 0 bridgehead atoms. The summed E-state index contributed by atoms with van der Waals surface area (Å²) in [6, 6.07) is 5.99. The van der Waals surface area contributed by atoms with Gasteiger partial charge in [0.25, 0.3) is 0 Å². The van der Waals surface area contributed by atoms with E-state index in [1.54, 1.807) is 24.5 Å². The summed E-state index contributed by atoms with van der Waals surface area (Å²) in [7, 11) is 0. The maximum absolute atomic E-state index is 12.8. The number of rotatable bonds is 2. The first-order chi connectivity index (χ1) is 7.24. The van der Waals surface area contributed by atoms with Crippen LogP contribution in [0.2, 0.25) is 0 Å². The molecule has 1 heterocycles. The molecule has 0 aliphatic rings. The molecule has 5 heteroatoms. The lowest BCUT2D eigenvalue weighted by atomic mass is 10.3. The minimum Gasteiger partial charge on any atom is -0.424 e. The largest absolute Gasteiger partial charge is 0.424 e. The predicted molar refractivity (Wildman–Crippen MR) is 56.2 cm³/mol. The van der Waals surface area contributed by atoms with Gasteiger partial charge in [0, 0.05) is 18.5 Å².